The van der Waals surface area contributed by atoms with Gasteiger partial charge in [0.15, 0.2) is 0 Å². The van der Waals surface area contributed by atoms with E-state index in [-0.39, 0.29) is 0 Å². The molecule has 3 nitrogen and oxygen atoms in total. The molecule has 114 valence electrons. The second kappa shape index (κ2) is 8.39. The number of ether oxygens (including phenoxy) is 1. The Labute approximate surface area is 135 Å². The minimum absolute atomic E-state index is 0.699. The molecular formula is C16H21ClN2OS. The van der Waals surface area contributed by atoms with Gasteiger partial charge in [0.25, 0.3) is 0 Å². The van der Waals surface area contributed by atoms with Crippen LogP contribution in [0.1, 0.15) is 11.1 Å². The van der Waals surface area contributed by atoms with Crippen molar-refractivity contribution in [1.82, 2.24) is 5.32 Å². The minimum Gasteiger partial charge on any atom is -0.383 e. The van der Waals surface area contributed by atoms with Crippen LogP contribution in [0.2, 0.25) is 5.02 Å². The van der Waals surface area contributed by atoms with Crippen molar-refractivity contribution in [3.63, 3.8) is 0 Å². The summed E-state index contributed by atoms with van der Waals surface area (Å²) in [5.41, 5.74) is 3.62. The molecule has 1 aromatic heterocycles. The molecular weight excluding hydrogens is 304 g/mol. The number of nitrogens with one attached hydrogen (secondary N) is 1. The third-order valence-corrected chi connectivity index (χ3v) is 4.38. The number of benzene rings is 1. The van der Waals surface area contributed by atoms with Gasteiger partial charge in [-0.25, -0.2) is 0 Å². The molecule has 0 aliphatic heterocycles. The summed E-state index contributed by atoms with van der Waals surface area (Å²) in [7, 11) is 3.80. The summed E-state index contributed by atoms with van der Waals surface area (Å²) in [5, 5.41) is 8.45. The summed E-state index contributed by atoms with van der Waals surface area (Å²) in [6.45, 7) is 3.14. The summed E-state index contributed by atoms with van der Waals surface area (Å²) in [6.07, 6.45) is 0. The van der Waals surface area contributed by atoms with E-state index in [1.807, 2.05) is 12.1 Å². The highest BCUT2D eigenvalue weighted by molar-refractivity contribution is 7.07. The van der Waals surface area contributed by atoms with Gasteiger partial charge in [0.2, 0.25) is 0 Å². The van der Waals surface area contributed by atoms with Crippen molar-refractivity contribution in [1.29, 1.82) is 0 Å². The number of anilines is 1. The maximum Gasteiger partial charge on any atom is 0.0587 e. The lowest BCUT2D eigenvalue weighted by Crippen LogP contribution is -2.22. The molecule has 0 saturated heterocycles. The van der Waals surface area contributed by atoms with Gasteiger partial charge in [-0.3, -0.25) is 0 Å². The molecule has 0 radical (unpaired) electrons. The van der Waals surface area contributed by atoms with E-state index in [0.717, 1.165) is 30.2 Å². The Hall–Kier alpha value is -1.07. The molecule has 1 aromatic carbocycles. The van der Waals surface area contributed by atoms with Gasteiger partial charge >= 0.3 is 0 Å². The van der Waals surface area contributed by atoms with Gasteiger partial charge in [0.05, 0.1) is 6.61 Å². The average Bonchev–Trinajstić information content (AvgIpc) is 2.97. The van der Waals surface area contributed by atoms with Crippen LogP contribution >= 0.6 is 22.9 Å². The van der Waals surface area contributed by atoms with E-state index >= 15 is 0 Å². The normalized spacial score (nSPS) is 10.8. The number of hydrogen-bond donors (Lipinski definition) is 1. The van der Waals surface area contributed by atoms with Gasteiger partial charge < -0.3 is 15.0 Å². The summed E-state index contributed by atoms with van der Waals surface area (Å²) >= 11 is 8.10. The van der Waals surface area contributed by atoms with Crippen molar-refractivity contribution < 1.29 is 4.74 Å². The minimum atomic E-state index is 0.699. The largest absolute Gasteiger partial charge is 0.383 e. The Kier molecular flexibility index (Phi) is 6.51. The number of nitrogens with zero attached hydrogens (tertiary/aromatic N) is 1. The number of thiophene rings is 1. The molecule has 0 aliphatic rings. The Balaban J connectivity index is 2.08. The highest BCUT2D eigenvalue weighted by atomic mass is 35.5. The molecule has 0 unspecified atom stereocenters. The second-order valence-electron chi connectivity index (χ2n) is 4.89. The van der Waals surface area contributed by atoms with Crippen molar-refractivity contribution in [2.24, 2.45) is 0 Å². The highest BCUT2D eigenvalue weighted by Crippen LogP contribution is 2.28. The van der Waals surface area contributed by atoms with Crippen molar-refractivity contribution in [2.45, 2.75) is 13.1 Å². The lowest BCUT2D eigenvalue weighted by Gasteiger charge is -2.23. The summed E-state index contributed by atoms with van der Waals surface area (Å²) in [5.74, 6) is 0. The maximum atomic E-state index is 6.37. The average molecular weight is 325 g/mol. The Bertz CT molecular complexity index is 545. The number of halogens is 1. The fraction of sp³-hybridized carbons (Fsp3) is 0.375. The summed E-state index contributed by atoms with van der Waals surface area (Å²) in [4.78, 5) is 2.24. The third kappa shape index (κ3) is 4.71. The predicted octanol–water partition coefficient (Wildman–Crippen LogP) is 3.77. The zero-order valence-electron chi connectivity index (χ0n) is 12.4. The number of methoxy groups -OCH3 is 1. The first kappa shape index (κ1) is 16.3. The molecule has 0 aliphatic carbocycles. The van der Waals surface area contributed by atoms with Gasteiger partial charge in [-0.15, -0.1) is 0 Å². The fourth-order valence-electron chi connectivity index (χ4n) is 2.21. The molecule has 0 saturated carbocycles. The zero-order chi connectivity index (χ0) is 15.1. The smallest absolute Gasteiger partial charge is 0.0587 e. The van der Waals surface area contributed by atoms with Crippen LogP contribution in [0.25, 0.3) is 0 Å². The number of hydrogen-bond acceptors (Lipinski definition) is 4. The van der Waals surface area contributed by atoms with Crippen molar-refractivity contribution in [2.75, 3.05) is 32.2 Å². The Morgan fingerprint density at radius 2 is 2.19 bits per heavy atom. The molecule has 0 spiro atoms. The van der Waals surface area contributed by atoms with Crippen molar-refractivity contribution >= 4 is 28.6 Å². The molecule has 1 N–H and O–H groups in total. The molecule has 0 atom stereocenters. The monoisotopic (exact) mass is 324 g/mol. The van der Waals surface area contributed by atoms with Gasteiger partial charge in [-0.05, 0) is 34.5 Å². The SMILES string of the molecule is COCCNCc1c(Cl)cccc1N(C)Cc1ccsc1. The first-order valence-electron chi connectivity index (χ1n) is 6.91. The van der Waals surface area contributed by atoms with Gasteiger partial charge in [-0.1, -0.05) is 17.7 Å². The molecule has 1 heterocycles. The van der Waals surface area contributed by atoms with Crippen LogP contribution in [0.15, 0.2) is 35.0 Å². The van der Waals surface area contributed by atoms with E-state index in [9.17, 15) is 0 Å². The van der Waals surface area contributed by atoms with Crippen LogP contribution in [-0.2, 0) is 17.8 Å². The molecule has 0 fully saturated rings. The first-order chi connectivity index (χ1) is 10.2. The summed E-state index contributed by atoms with van der Waals surface area (Å²) in [6, 6.07) is 8.21. The van der Waals surface area contributed by atoms with E-state index in [2.05, 4.69) is 40.2 Å². The van der Waals surface area contributed by atoms with E-state index in [1.54, 1.807) is 18.4 Å². The number of rotatable bonds is 8. The van der Waals surface area contributed by atoms with Crippen LogP contribution in [0.4, 0.5) is 5.69 Å². The molecule has 2 aromatic rings. The third-order valence-electron chi connectivity index (χ3n) is 3.29. The van der Waals surface area contributed by atoms with Gasteiger partial charge in [0, 0.05) is 50.1 Å². The van der Waals surface area contributed by atoms with Crippen LogP contribution in [0.3, 0.4) is 0 Å². The molecule has 5 heteroatoms. The standard InChI is InChI=1S/C16H21ClN2OS/c1-19(11-13-6-9-21-12-13)16-5-3-4-15(17)14(16)10-18-7-8-20-2/h3-6,9,12,18H,7-8,10-11H2,1-2H3. The first-order valence-corrected chi connectivity index (χ1v) is 8.23. The van der Waals surface area contributed by atoms with Gasteiger partial charge in [-0.2, -0.15) is 11.3 Å². The molecule has 0 amide bonds. The Morgan fingerprint density at radius 3 is 2.90 bits per heavy atom. The quantitative estimate of drug-likeness (QED) is 0.748. The van der Waals surface area contributed by atoms with E-state index in [4.69, 9.17) is 16.3 Å². The van der Waals surface area contributed by atoms with Crippen LogP contribution in [0.5, 0.6) is 0 Å². The van der Waals surface area contributed by atoms with Crippen molar-refractivity contribution in [3.05, 3.63) is 51.2 Å². The van der Waals surface area contributed by atoms with E-state index in [0.29, 0.717) is 6.61 Å². The van der Waals surface area contributed by atoms with E-state index in [1.165, 1.54) is 11.3 Å². The van der Waals surface area contributed by atoms with Crippen LogP contribution in [0, 0.1) is 0 Å². The van der Waals surface area contributed by atoms with Crippen molar-refractivity contribution in [3.8, 4) is 0 Å². The summed E-state index contributed by atoms with van der Waals surface area (Å²) < 4.78 is 5.05. The van der Waals surface area contributed by atoms with Crippen LogP contribution < -0.4 is 10.2 Å². The lowest BCUT2D eigenvalue weighted by molar-refractivity contribution is 0.199. The lowest BCUT2D eigenvalue weighted by atomic mass is 10.1. The van der Waals surface area contributed by atoms with Gasteiger partial charge in [0.1, 0.15) is 0 Å². The topological polar surface area (TPSA) is 24.5 Å². The van der Waals surface area contributed by atoms with E-state index < -0.39 is 0 Å². The molecule has 21 heavy (non-hydrogen) atoms. The Morgan fingerprint density at radius 1 is 1.33 bits per heavy atom. The molecule has 0 bridgehead atoms. The second-order valence-corrected chi connectivity index (χ2v) is 6.08. The fourth-order valence-corrected chi connectivity index (χ4v) is 3.11. The molecule has 2 rings (SSSR count). The zero-order valence-corrected chi connectivity index (χ0v) is 14.0. The maximum absolute atomic E-state index is 6.37. The highest BCUT2D eigenvalue weighted by Gasteiger charge is 2.11. The van der Waals surface area contributed by atoms with Crippen LogP contribution in [-0.4, -0.2) is 27.3 Å². The predicted molar refractivity (Wildman–Crippen MR) is 91.5 cm³/mol.